The lowest BCUT2D eigenvalue weighted by molar-refractivity contribution is 0.0983. The van der Waals surface area contributed by atoms with E-state index in [1.807, 2.05) is 54.6 Å². The molecule has 0 saturated heterocycles. The van der Waals surface area contributed by atoms with Crippen LogP contribution in [-0.4, -0.2) is 5.78 Å². The van der Waals surface area contributed by atoms with E-state index in [0.29, 0.717) is 12.8 Å². The van der Waals surface area contributed by atoms with Gasteiger partial charge in [0.25, 0.3) is 0 Å². The molecule has 2 aromatic rings. The van der Waals surface area contributed by atoms with Gasteiger partial charge in [-0.3, -0.25) is 4.79 Å². The number of hydrogen-bond acceptors (Lipinski definition) is 2. The Hall–Kier alpha value is -2.09. The minimum Gasteiger partial charge on any atom is -0.399 e. The lowest BCUT2D eigenvalue weighted by Gasteiger charge is -2.04. The van der Waals surface area contributed by atoms with Gasteiger partial charge in [-0.05, 0) is 18.1 Å². The molecular weight excluding hydrogens is 210 g/mol. The molecule has 2 nitrogen and oxygen atoms in total. The van der Waals surface area contributed by atoms with Crippen molar-refractivity contribution >= 4 is 11.5 Å². The number of para-hydroxylation sites is 1. The van der Waals surface area contributed by atoms with Crippen LogP contribution in [0.4, 0.5) is 5.69 Å². The van der Waals surface area contributed by atoms with Crippen molar-refractivity contribution in [1.29, 1.82) is 0 Å². The molecule has 0 aliphatic rings. The number of ketones is 1. The third-order valence-corrected chi connectivity index (χ3v) is 2.77. The summed E-state index contributed by atoms with van der Waals surface area (Å²) in [6.07, 6.45) is 1.19. The van der Waals surface area contributed by atoms with Gasteiger partial charge in [0.05, 0.1) is 0 Å². The van der Waals surface area contributed by atoms with Gasteiger partial charge >= 0.3 is 0 Å². The van der Waals surface area contributed by atoms with Crippen LogP contribution < -0.4 is 5.73 Å². The summed E-state index contributed by atoms with van der Waals surface area (Å²) in [6, 6.07) is 17.0. The molecule has 17 heavy (non-hydrogen) atoms. The third kappa shape index (κ3) is 2.94. The molecule has 2 N–H and O–H groups in total. The van der Waals surface area contributed by atoms with E-state index in [0.717, 1.165) is 16.8 Å². The monoisotopic (exact) mass is 225 g/mol. The fourth-order valence-electron chi connectivity index (χ4n) is 1.78. The third-order valence-electron chi connectivity index (χ3n) is 2.77. The highest BCUT2D eigenvalue weighted by Crippen LogP contribution is 2.14. The van der Waals surface area contributed by atoms with E-state index < -0.39 is 0 Å². The maximum Gasteiger partial charge on any atom is 0.163 e. The zero-order valence-electron chi connectivity index (χ0n) is 9.60. The van der Waals surface area contributed by atoms with Crippen LogP contribution in [0, 0.1) is 0 Å². The second-order valence-corrected chi connectivity index (χ2v) is 3.99. The molecule has 0 amide bonds. The summed E-state index contributed by atoms with van der Waals surface area (Å²) >= 11 is 0. The summed E-state index contributed by atoms with van der Waals surface area (Å²) in [7, 11) is 0. The van der Waals surface area contributed by atoms with Gasteiger partial charge in [0.1, 0.15) is 0 Å². The molecule has 0 fully saturated rings. The summed E-state index contributed by atoms with van der Waals surface area (Å²) in [5, 5.41) is 0. The number of rotatable bonds is 4. The van der Waals surface area contributed by atoms with Crippen LogP contribution >= 0.6 is 0 Å². The smallest absolute Gasteiger partial charge is 0.163 e. The van der Waals surface area contributed by atoms with Crippen LogP contribution in [0.5, 0.6) is 0 Å². The molecule has 0 aliphatic heterocycles. The Morgan fingerprint density at radius 1 is 0.941 bits per heavy atom. The highest BCUT2D eigenvalue weighted by molar-refractivity contribution is 5.96. The molecule has 2 aromatic carbocycles. The number of benzene rings is 2. The lowest BCUT2D eigenvalue weighted by Crippen LogP contribution is -2.02. The number of Topliss-reactive ketones (excluding diaryl/α,β-unsaturated/α-hetero) is 1. The van der Waals surface area contributed by atoms with E-state index in [2.05, 4.69) is 0 Å². The molecule has 0 spiro atoms. The average molecular weight is 225 g/mol. The van der Waals surface area contributed by atoms with E-state index >= 15 is 0 Å². The largest absolute Gasteiger partial charge is 0.399 e. The van der Waals surface area contributed by atoms with Crippen molar-refractivity contribution in [2.75, 3.05) is 5.73 Å². The number of carbonyl (C=O) groups excluding carboxylic acids is 1. The first-order chi connectivity index (χ1) is 8.27. The maximum absolute atomic E-state index is 11.9. The number of aryl methyl sites for hydroxylation is 1. The van der Waals surface area contributed by atoms with Crippen molar-refractivity contribution in [2.24, 2.45) is 0 Å². The first kappa shape index (κ1) is 11.4. The molecule has 0 bridgehead atoms. The fourth-order valence-corrected chi connectivity index (χ4v) is 1.78. The van der Waals surface area contributed by atoms with Gasteiger partial charge in [-0.15, -0.1) is 0 Å². The Kier molecular flexibility index (Phi) is 3.55. The minimum absolute atomic E-state index is 0.161. The molecule has 86 valence electrons. The molecular formula is C15H15NO. The van der Waals surface area contributed by atoms with E-state index in [1.165, 1.54) is 0 Å². The predicted molar refractivity (Wildman–Crippen MR) is 69.9 cm³/mol. The zero-order valence-corrected chi connectivity index (χ0v) is 9.60. The predicted octanol–water partition coefficient (Wildman–Crippen LogP) is 3.08. The van der Waals surface area contributed by atoms with Gasteiger partial charge in [-0.25, -0.2) is 0 Å². The van der Waals surface area contributed by atoms with E-state index in [1.54, 1.807) is 0 Å². The second kappa shape index (κ2) is 5.30. The lowest BCUT2D eigenvalue weighted by atomic mass is 10.0. The van der Waals surface area contributed by atoms with Crippen molar-refractivity contribution in [3.63, 3.8) is 0 Å². The average Bonchev–Trinajstić information content (AvgIpc) is 2.38. The van der Waals surface area contributed by atoms with Crippen LogP contribution in [0.15, 0.2) is 54.6 Å². The van der Waals surface area contributed by atoms with Crippen LogP contribution in [0.25, 0.3) is 0 Å². The highest BCUT2D eigenvalue weighted by atomic mass is 16.1. The Labute approximate surface area is 101 Å². The number of anilines is 1. The van der Waals surface area contributed by atoms with Crippen molar-refractivity contribution < 1.29 is 4.79 Å². The molecule has 0 heterocycles. The number of nitrogens with two attached hydrogens (primary N) is 1. The van der Waals surface area contributed by atoms with E-state index in [-0.39, 0.29) is 5.78 Å². The van der Waals surface area contributed by atoms with Gasteiger partial charge in [-0.2, -0.15) is 0 Å². The van der Waals surface area contributed by atoms with Crippen molar-refractivity contribution in [1.82, 2.24) is 0 Å². The summed E-state index contributed by atoms with van der Waals surface area (Å²) in [4.78, 5) is 11.9. The summed E-state index contributed by atoms with van der Waals surface area (Å²) < 4.78 is 0. The fraction of sp³-hybridized carbons (Fsp3) is 0.133. The zero-order chi connectivity index (χ0) is 12.1. The summed E-state index contributed by atoms with van der Waals surface area (Å²) in [5.41, 5.74) is 8.40. The molecule has 0 radical (unpaired) electrons. The first-order valence-corrected chi connectivity index (χ1v) is 5.69. The van der Waals surface area contributed by atoms with Gasteiger partial charge in [0.2, 0.25) is 0 Å². The Balaban J connectivity index is 2.00. The molecule has 0 aromatic heterocycles. The van der Waals surface area contributed by atoms with Crippen molar-refractivity contribution in [3.05, 3.63) is 65.7 Å². The molecule has 0 unspecified atom stereocenters. The van der Waals surface area contributed by atoms with Gasteiger partial charge in [-0.1, -0.05) is 48.5 Å². The Morgan fingerprint density at radius 2 is 1.59 bits per heavy atom. The van der Waals surface area contributed by atoms with Crippen LogP contribution in [0.1, 0.15) is 22.3 Å². The van der Waals surface area contributed by atoms with Crippen LogP contribution in [0.2, 0.25) is 0 Å². The quantitative estimate of drug-likeness (QED) is 0.642. The number of hydrogen-bond donors (Lipinski definition) is 1. The van der Waals surface area contributed by atoms with Crippen LogP contribution in [-0.2, 0) is 6.42 Å². The topological polar surface area (TPSA) is 43.1 Å². The highest BCUT2D eigenvalue weighted by Gasteiger charge is 2.06. The van der Waals surface area contributed by atoms with Crippen molar-refractivity contribution in [3.8, 4) is 0 Å². The summed E-state index contributed by atoms with van der Waals surface area (Å²) in [6.45, 7) is 0. The van der Waals surface area contributed by atoms with Gasteiger partial charge < -0.3 is 5.73 Å². The van der Waals surface area contributed by atoms with Crippen LogP contribution in [0.3, 0.4) is 0 Å². The molecule has 2 rings (SSSR count). The standard InChI is InChI=1S/C15H15NO/c16-14-9-5-4-6-12(14)10-11-15(17)13-7-2-1-3-8-13/h1-9H,10-11,16H2. The summed E-state index contributed by atoms with van der Waals surface area (Å²) in [5.74, 6) is 0.161. The van der Waals surface area contributed by atoms with Crippen molar-refractivity contribution in [2.45, 2.75) is 12.8 Å². The van der Waals surface area contributed by atoms with Gasteiger partial charge in [0, 0.05) is 17.7 Å². The Bertz CT molecular complexity index is 505. The SMILES string of the molecule is Nc1ccccc1CCC(=O)c1ccccc1. The van der Waals surface area contributed by atoms with E-state index in [9.17, 15) is 4.79 Å². The molecule has 2 heteroatoms. The molecule has 0 atom stereocenters. The van der Waals surface area contributed by atoms with E-state index in [4.69, 9.17) is 5.73 Å². The first-order valence-electron chi connectivity index (χ1n) is 5.69. The second-order valence-electron chi connectivity index (χ2n) is 3.99. The number of carbonyl (C=O) groups is 1. The Morgan fingerprint density at radius 3 is 2.29 bits per heavy atom. The molecule has 0 saturated carbocycles. The minimum atomic E-state index is 0.161. The van der Waals surface area contributed by atoms with Gasteiger partial charge in [0.15, 0.2) is 5.78 Å². The molecule has 0 aliphatic carbocycles. The normalized spacial score (nSPS) is 10.1. The number of nitrogen functional groups attached to an aromatic ring is 1. The maximum atomic E-state index is 11.9.